The fourth-order valence-corrected chi connectivity index (χ4v) is 2.99. The van der Waals surface area contributed by atoms with E-state index in [4.69, 9.17) is 4.42 Å². The summed E-state index contributed by atoms with van der Waals surface area (Å²) in [5, 5.41) is 0. The fraction of sp³-hybridized carbons (Fsp3) is 0.250. The number of likely N-dealkylation sites (tertiary alicyclic amines) is 1. The number of furan rings is 1. The average Bonchev–Trinajstić information content (AvgIpc) is 3.25. The summed E-state index contributed by atoms with van der Waals surface area (Å²) in [6.45, 7) is 1.48. The van der Waals surface area contributed by atoms with Gasteiger partial charge in [0.25, 0.3) is 5.91 Å². The summed E-state index contributed by atoms with van der Waals surface area (Å²) in [6.07, 6.45) is 5.86. The molecule has 4 rings (SSSR count). The molecule has 0 unspecified atom stereocenters. The summed E-state index contributed by atoms with van der Waals surface area (Å²) in [5.41, 5.74) is 2.74. The van der Waals surface area contributed by atoms with Crippen molar-refractivity contribution >= 4 is 16.9 Å². The van der Waals surface area contributed by atoms with E-state index in [9.17, 15) is 4.79 Å². The summed E-state index contributed by atoms with van der Waals surface area (Å²) in [6, 6.07) is 10.1. The van der Waals surface area contributed by atoms with E-state index < -0.39 is 0 Å². The van der Waals surface area contributed by atoms with Crippen molar-refractivity contribution in [3.05, 3.63) is 54.7 Å². The smallest absolute Gasteiger partial charge is 0.257 e. The van der Waals surface area contributed by atoms with Crippen LogP contribution in [0.1, 0.15) is 22.8 Å². The predicted octanol–water partition coefficient (Wildman–Crippen LogP) is 2.72. The lowest BCUT2D eigenvalue weighted by atomic mass is 10.2. The number of amides is 1. The van der Waals surface area contributed by atoms with Gasteiger partial charge in [0.1, 0.15) is 6.26 Å². The van der Waals surface area contributed by atoms with Gasteiger partial charge in [-0.15, -0.1) is 0 Å². The normalized spacial score (nSPS) is 18.5. The fourth-order valence-electron chi connectivity index (χ4n) is 2.99. The van der Waals surface area contributed by atoms with E-state index in [2.05, 4.69) is 15.6 Å². The second-order valence-corrected chi connectivity index (χ2v) is 5.35. The quantitative estimate of drug-likeness (QED) is 0.725. The van der Waals surface area contributed by atoms with E-state index in [1.807, 2.05) is 29.4 Å². The van der Waals surface area contributed by atoms with Gasteiger partial charge >= 0.3 is 0 Å². The van der Waals surface area contributed by atoms with E-state index in [1.54, 1.807) is 6.07 Å². The standard InChI is InChI=1S/C16H15N3O2/c20-16(12-6-8-21-10-12)18-7-5-13(9-18)19-11-17-14-3-1-2-4-15(14)19/h1-4,6,8,10-11,13H,5,7,9H2/t13-/m0/s1. The van der Waals surface area contributed by atoms with Crippen LogP contribution < -0.4 is 0 Å². The minimum atomic E-state index is 0.0377. The van der Waals surface area contributed by atoms with Crippen molar-refractivity contribution in [1.29, 1.82) is 0 Å². The molecule has 1 aliphatic heterocycles. The first kappa shape index (κ1) is 12.2. The molecule has 0 saturated carbocycles. The van der Waals surface area contributed by atoms with Gasteiger partial charge in [0.05, 0.1) is 35.2 Å². The minimum absolute atomic E-state index is 0.0377. The molecule has 0 N–H and O–H groups in total. The Balaban J connectivity index is 1.58. The molecule has 1 fully saturated rings. The van der Waals surface area contributed by atoms with Crippen LogP contribution in [0.3, 0.4) is 0 Å². The number of nitrogens with zero attached hydrogens (tertiary/aromatic N) is 3. The molecule has 0 spiro atoms. The Morgan fingerprint density at radius 3 is 3.05 bits per heavy atom. The zero-order valence-electron chi connectivity index (χ0n) is 11.5. The van der Waals surface area contributed by atoms with Crippen LogP contribution in [0.15, 0.2) is 53.6 Å². The number of para-hydroxylation sites is 2. The molecule has 0 radical (unpaired) electrons. The van der Waals surface area contributed by atoms with Crippen LogP contribution in [0.25, 0.3) is 11.0 Å². The molecule has 5 heteroatoms. The first-order valence-corrected chi connectivity index (χ1v) is 7.06. The molecule has 0 bridgehead atoms. The Morgan fingerprint density at radius 1 is 1.29 bits per heavy atom. The minimum Gasteiger partial charge on any atom is -0.472 e. The Hall–Kier alpha value is -2.56. The number of benzene rings is 1. The highest BCUT2D eigenvalue weighted by Crippen LogP contribution is 2.26. The first-order chi connectivity index (χ1) is 10.3. The summed E-state index contributed by atoms with van der Waals surface area (Å²) >= 11 is 0. The Labute approximate surface area is 121 Å². The van der Waals surface area contributed by atoms with Gasteiger partial charge in [-0.25, -0.2) is 4.98 Å². The van der Waals surface area contributed by atoms with E-state index in [0.29, 0.717) is 12.1 Å². The van der Waals surface area contributed by atoms with Crippen LogP contribution in [0.5, 0.6) is 0 Å². The molecule has 1 saturated heterocycles. The monoisotopic (exact) mass is 281 g/mol. The first-order valence-electron chi connectivity index (χ1n) is 7.06. The van der Waals surface area contributed by atoms with Gasteiger partial charge < -0.3 is 13.9 Å². The third-order valence-electron chi connectivity index (χ3n) is 4.09. The highest BCUT2D eigenvalue weighted by atomic mass is 16.3. The molecule has 0 aliphatic carbocycles. The molecule has 1 amide bonds. The Bertz CT molecular complexity index is 776. The maximum atomic E-state index is 12.3. The highest BCUT2D eigenvalue weighted by Gasteiger charge is 2.29. The maximum absolute atomic E-state index is 12.3. The van der Waals surface area contributed by atoms with Crippen molar-refractivity contribution in [1.82, 2.24) is 14.5 Å². The van der Waals surface area contributed by atoms with Gasteiger partial charge in [-0.3, -0.25) is 4.79 Å². The van der Waals surface area contributed by atoms with Gasteiger partial charge in [0.15, 0.2) is 0 Å². The SMILES string of the molecule is O=C(c1ccoc1)N1CC[C@H](n2cnc3ccccc32)C1. The van der Waals surface area contributed by atoms with Crippen LogP contribution >= 0.6 is 0 Å². The largest absolute Gasteiger partial charge is 0.472 e. The van der Waals surface area contributed by atoms with E-state index >= 15 is 0 Å². The molecular formula is C16H15N3O2. The summed E-state index contributed by atoms with van der Waals surface area (Å²) in [7, 11) is 0. The summed E-state index contributed by atoms with van der Waals surface area (Å²) < 4.78 is 7.17. The second kappa shape index (κ2) is 4.77. The number of hydrogen-bond donors (Lipinski definition) is 0. The molecule has 1 aliphatic rings. The van der Waals surface area contributed by atoms with Crippen molar-refractivity contribution in [2.24, 2.45) is 0 Å². The molecular weight excluding hydrogens is 266 g/mol. The summed E-state index contributed by atoms with van der Waals surface area (Å²) in [5.74, 6) is 0.0377. The van der Waals surface area contributed by atoms with Gasteiger partial charge in [-0.05, 0) is 24.6 Å². The third kappa shape index (κ3) is 2.01. The lowest BCUT2D eigenvalue weighted by Gasteiger charge is -2.16. The number of aromatic nitrogens is 2. The number of carbonyl (C=O) groups excluding carboxylic acids is 1. The van der Waals surface area contributed by atoms with Crippen LogP contribution in [-0.4, -0.2) is 33.4 Å². The van der Waals surface area contributed by atoms with Crippen LogP contribution in [-0.2, 0) is 0 Å². The molecule has 3 aromatic rings. The van der Waals surface area contributed by atoms with Crippen LogP contribution in [0.2, 0.25) is 0 Å². The number of fused-ring (bicyclic) bond motifs is 1. The Kier molecular flexibility index (Phi) is 2.77. The molecule has 21 heavy (non-hydrogen) atoms. The average molecular weight is 281 g/mol. The van der Waals surface area contributed by atoms with E-state index in [0.717, 1.165) is 24.0 Å². The highest BCUT2D eigenvalue weighted by molar-refractivity contribution is 5.94. The second-order valence-electron chi connectivity index (χ2n) is 5.35. The van der Waals surface area contributed by atoms with Crippen LogP contribution in [0.4, 0.5) is 0 Å². The zero-order valence-corrected chi connectivity index (χ0v) is 11.5. The van der Waals surface area contributed by atoms with Crippen molar-refractivity contribution in [2.45, 2.75) is 12.5 Å². The Morgan fingerprint density at radius 2 is 2.19 bits per heavy atom. The lowest BCUT2D eigenvalue weighted by Crippen LogP contribution is -2.28. The van der Waals surface area contributed by atoms with Crippen molar-refractivity contribution in [3.63, 3.8) is 0 Å². The maximum Gasteiger partial charge on any atom is 0.257 e. The van der Waals surface area contributed by atoms with E-state index in [-0.39, 0.29) is 11.9 Å². The number of imidazole rings is 1. The number of carbonyl (C=O) groups is 1. The topological polar surface area (TPSA) is 51.3 Å². The number of rotatable bonds is 2. The number of hydrogen-bond acceptors (Lipinski definition) is 3. The molecule has 3 heterocycles. The summed E-state index contributed by atoms with van der Waals surface area (Å²) in [4.78, 5) is 18.6. The van der Waals surface area contributed by atoms with Crippen molar-refractivity contribution in [3.8, 4) is 0 Å². The van der Waals surface area contributed by atoms with Gasteiger partial charge in [0.2, 0.25) is 0 Å². The zero-order chi connectivity index (χ0) is 14.2. The molecule has 106 valence electrons. The van der Waals surface area contributed by atoms with Gasteiger partial charge in [0, 0.05) is 13.1 Å². The molecule has 1 aromatic carbocycles. The molecule has 5 nitrogen and oxygen atoms in total. The lowest BCUT2D eigenvalue weighted by molar-refractivity contribution is 0.0787. The van der Waals surface area contributed by atoms with Gasteiger partial charge in [-0.2, -0.15) is 0 Å². The molecule has 2 aromatic heterocycles. The predicted molar refractivity (Wildman–Crippen MR) is 78.0 cm³/mol. The van der Waals surface area contributed by atoms with E-state index in [1.165, 1.54) is 12.5 Å². The van der Waals surface area contributed by atoms with Crippen LogP contribution in [0, 0.1) is 0 Å². The van der Waals surface area contributed by atoms with Crippen molar-refractivity contribution < 1.29 is 9.21 Å². The third-order valence-corrected chi connectivity index (χ3v) is 4.09. The molecule has 1 atom stereocenters. The van der Waals surface area contributed by atoms with Crippen molar-refractivity contribution in [2.75, 3.05) is 13.1 Å². The van der Waals surface area contributed by atoms with Gasteiger partial charge in [-0.1, -0.05) is 12.1 Å².